The van der Waals surface area contributed by atoms with Crippen molar-refractivity contribution in [2.45, 2.75) is 42.0 Å². The number of carbonyl (C=O) groups excluding carboxylic acids is 1. The smallest absolute Gasteiger partial charge is 0.252 e. The molecule has 0 fully saturated rings. The second-order valence-corrected chi connectivity index (χ2v) is 6.57. The van der Waals surface area contributed by atoms with Crippen LogP contribution in [0.15, 0.2) is 64.4 Å². The second kappa shape index (κ2) is 11.1. The molecular weight excluding hydrogens is 340 g/mol. The van der Waals surface area contributed by atoms with E-state index in [1.54, 1.807) is 11.8 Å². The van der Waals surface area contributed by atoms with Crippen molar-refractivity contribution >= 4 is 30.1 Å². The standard InChI is InChI=1S/C19H24N2OS.ClH/c1-2-3-9-15(14-20)21-19(22)17-12-7-8-13-18(17)23-16-10-5-4-6-11-16;/h4-8,10-13,15H,2-3,9,14,20H2,1H3,(H,21,22);1H. The molecule has 0 saturated carbocycles. The number of benzene rings is 2. The number of carbonyl (C=O) groups is 1. The van der Waals surface area contributed by atoms with Gasteiger partial charge in [-0.15, -0.1) is 12.4 Å². The molecule has 0 aliphatic heterocycles. The van der Waals surface area contributed by atoms with E-state index in [0.717, 1.165) is 29.1 Å². The van der Waals surface area contributed by atoms with Crippen LogP contribution in [0.1, 0.15) is 36.5 Å². The van der Waals surface area contributed by atoms with Gasteiger partial charge in [-0.1, -0.05) is 61.9 Å². The molecule has 24 heavy (non-hydrogen) atoms. The molecule has 1 atom stereocenters. The topological polar surface area (TPSA) is 55.1 Å². The highest BCUT2D eigenvalue weighted by Gasteiger charge is 2.15. The highest BCUT2D eigenvalue weighted by molar-refractivity contribution is 7.99. The van der Waals surface area contributed by atoms with Crippen LogP contribution in [0.25, 0.3) is 0 Å². The fourth-order valence-corrected chi connectivity index (χ4v) is 3.29. The van der Waals surface area contributed by atoms with Gasteiger partial charge in [0, 0.05) is 22.4 Å². The lowest BCUT2D eigenvalue weighted by molar-refractivity contribution is 0.0933. The van der Waals surface area contributed by atoms with E-state index < -0.39 is 0 Å². The number of hydrogen-bond donors (Lipinski definition) is 2. The van der Waals surface area contributed by atoms with Crippen molar-refractivity contribution in [3.05, 3.63) is 60.2 Å². The minimum atomic E-state index is -0.0458. The largest absolute Gasteiger partial charge is 0.348 e. The maximum Gasteiger partial charge on any atom is 0.252 e. The average Bonchev–Trinajstić information content (AvgIpc) is 2.59. The van der Waals surface area contributed by atoms with Gasteiger partial charge in [0.2, 0.25) is 0 Å². The summed E-state index contributed by atoms with van der Waals surface area (Å²) >= 11 is 1.60. The minimum Gasteiger partial charge on any atom is -0.348 e. The number of nitrogens with one attached hydrogen (secondary N) is 1. The summed E-state index contributed by atoms with van der Waals surface area (Å²) in [6.07, 6.45) is 3.10. The van der Waals surface area contributed by atoms with Gasteiger partial charge in [0.25, 0.3) is 5.91 Å². The van der Waals surface area contributed by atoms with Crippen molar-refractivity contribution in [2.75, 3.05) is 6.54 Å². The Balaban J connectivity index is 0.00000288. The third-order valence-corrected chi connectivity index (χ3v) is 4.71. The quantitative estimate of drug-likeness (QED) is 0.724. The van der Waals surface area contributed by atoms with Gasteiger partial charge >= 0.3 is 0 Å². The van der Waals surface area contributed by atoms with Crippen LogP contribution in [0.5, 0.6) is 0 Å². The van der Waals surface area contributed by atoms with Gasteiger partial charge in [0.1, 0.15) is 0 Å². The van der Waals surface area contributed by atoms with Gasteiger partial charge in [-0.2, -0.15) is 0 Å². The summed E-state index contributed by atoms with van der Waals surface area (Å²) in [6.45, 7) is 2.61. The molecule has 0 spiro atoms. The molecule has 2 aromatic carbocycles. The van der Waals surface area contributed by atoms with Crippen LogP contribution in [0.3, 0.4) is 0 Å². The number of hydrogen-bond acceptors (Lipinski definition) is 3. The Bertz CT molecular complexity index is 622. The lowest BCUT2D eigenvalue weighted by Crippen LogP contribution is -2.40. The Kier molecular flexibility index (Phi) is 9.53. The number of amides is 1. The second-order valence-electron chi connectivity index (χ2n) is 5.46. The van der Waals surface area contributed by atoms with Crippen LogP contribution >= 0.6 is 24.2 Å². The Hall–Kier alpha value is -1.49. The van der Waals surface area contributed by atoms with E-state index >= 15 is 0 Å². The maximum absolute atomic E-state index is 12.6. The third kappa shape index (κ3) is 6.19. The zero-order valence-electron chi connectivity index (χ0n) is 13.9. The monoisotopic (exact) mass is 364 g/mol. The van der Waals surface area contributed by atoms with Crippen LogP contribution in [0, 0.1) is 0 Å². The summed E-state index contributed by atoms with van der Waals surface area (Å²) in [5, 5.41) is 3.07. The molecule has 0 aromatic heterocycles. The molecule has 1 amide bonds. The molecule has 3 N–H and O–H groups in total. The lowest BCUT2D eigenvalue weighted by Gasteiger charge is -2.17. The van der Waals surface area contributed by atoms with Crippen LogP contribution in [-0.2, 0) is 0 Å². The van der Waals surface area contributed by atoms with E-state index in [1.807, 2.05) is 54.6 Å². The highest BCUT2D eigenvalue weighted by atomic mass is 35.5. The fraction of sp³-hybridized carbons (Fsp3) is 0.316. The third-order valence-electron chi connectivity index (χ3n) is 3.63. The molecule has 0 bridgehead atoms. The van der Waals surface area contributed by atoms with Crippen LogP contribution in [-0.4, -0.2) is 18.5 Å². The van der Waals surface area contributed by atoms with Gasteiger partial charge in [-0.25, -0.2) is 0 Å². The summed E-state index contributed by atoms with van der Waals surface area (Å²) in [5.41, 5.74) is 6.49. The highest BCUT2D eigenvalue weighted by Crippen LogP contribution is 2.30. The molecule has 0 aliphatic rings. The molecule has 3 nitrogen and oxygen atoms in total. The van der Waals surface area contributed by atoms with Gasteiger partial charge in [0.15, 0.2) is 0 Å². The van der Waals surface area contributed by atoms with E-state index in [9.17, 15) is 4.79 Å². The normalized spacial score (nSPS) is 11.4. The van der Waals surface area contributed by atoms with E-state index in [4.69, 9.17) is 5.73 Å². The summed E-state index contributed by atoms with van der Waals surface area (Å²) in [7, 11) is 0. The zero-order valence-corrected chi connectivity index (χ0v) is 15.5. The SMILES string of the molecule is CCCCC(CN)NC(=O)c1ccccc1Sc1ccccc1.Cl. The first-order valence-corrected chi connectivity index (χ1v) is 8.89. The van der Waals surface area contributed by atoms with Crippen LogP contribution < -0.4 is 11.1 Å². The molecule has 2 rings (SSSR count). The van der Waals surface area contributed by atoms with E-state index in [2.05, 4.69) is 12.2 Å². The summed E-state index contributed by atoms with van der Waals surface area (Å²) in [4.78, 5) is 14.7. The molecule has 0 heterocycles. The van der Waals surface area contributed by atoms with Gasteiger partial charge in [0.05, 0.1) is 5.56 Å². The lowest BCUT2D eigenvalue weighted by atomic mass is 10.1. The number of rotatable bonds is 8. The van der Waals surface area contributed by atoms with Crippen molar-refractivity contribution in [1.29, 1.82) is 0 Å². The van der Waals surface area contributed by atoms with E-state index in [0.29, 0.717) is 12.1 Å². The van der Waals surface area contributed by atoms with Crippen LogP contribution in [0.2, 0.25) is 0 Å². The summed E-state index contributed by atoms with van der Waals surface area (Å²) in [5.74, 6) is -0.0458. The first-order valence-electron chi connectivity index (χ1n) is 8.07. The van der Waals surface area contributed by atoms with Crippen molar-refractivity contribution in [2.24, 2.45) is 5.73 Å². The number of unbranched alkanes of at least 4 members (excludes halogenated alkanes) is 1. The fourth-order valence-electron chi connectivity index (χ4n) is 2.32. The predicted molar refractivity (Wildman–Crippen MR) is 104 cm³/mol. The molecule has 0 radical (unpaired) electrons. The minimum absolute atomic E-state index is 0. The first-order chi connectivity index (χ1) is 11.2. The Morgan fingerprint density at radius 2 is 1.79 bits per heavy atom. The average molecular weight is 365 g/mol. The zero-order chi connectivity index (χ0) is 16.5. The molecule has 5 heteroatoms. The first kappa shape index (κ1) is 20.6. The Morgan fingerprint density at radius 3 is 2.46 bits per heavy atom. The number of nitrogens with two attached hydrogens (primary N) is 1. The predicted octanol–water partition coefficient (Wildman–Crippen LogP) is 4.51. The Labute approximate surface area is 154 Å². The van der Waals surface area contributed by atoms with Gasteiger partial charge in [-0.05, 0) is 30.7 Å². The van der Waals surface area contributed by atoms with Crippen LogP contribution in [0.4, 0.5) is 0 Å². The van der Waals surface area contributed by atoms with Gasteiger partial charge < -0.3 is 11.1 Å². The molecule has 1 unspecified atom stereocenters. The van der Waals surface area contributed by atoms with Crippen molar-refractivity contribution in [3.63, 3.8) is 0 Å². The van der Waals surface area contributed by atoms with E-state index in [1.165, 1.54) is 0 Å². The number of halogens is 1. The van der Waals surface area contributed by atoms with E-state index in [-0.39, 0.29) is 24.4 Å². The molecular formula is C19H25ClN2OS. The summed E-state index contributed by atoms with van der Waals surface area (Å²) < 4.78 is 0. The van der Waals surface area contributed by atoms with Crippen molar-refractivity contribution in [3.8, 4) is 0 Å². The van der Waals surface area contributed by atoms with Gasteiger partial charge in [-0.3, -0.25) is 4.79 Å². The Morgan fingerprint density at radius 1 is 1.12 bits per heavy atom. The summed E-state index contributed by atoms with van der Waals surface area (Å²) in [6, 6.07) is 17.8. The molecule has 0 aliphatic carbocycles. The molecule has 130 valence electrons. The molecule has 0 saturated heterocycles. The maximum atomic E-state index is 12.6. The van der Waals surface area contributed by atoms with Crippen molar-refractivity contribution < 1.29 is 4.79 Å². The molecule has 2 aromatic rings. The van der Waals surface area contributed by atoms with Crippen molar-refractivity contribution in [1.82, 2.24) is 5.32 Å².